The first kappa shape index (κ1) is 24.9. The maximum Gasteiger partial charge on any atom is 0.231 e. The Morgan fingerprint density at radius 3 is 2.53 bits per heavy atom. The van der Waals surface area contributed by atoms with E-state index in [0.717, 1.165) is 6.07 Å². The van der Waals surface area contributed by atoms with Gasteiger partial charge in [-0.2, -0.15) is 0 Å². The topological polar surface area (TPSA) is 107 Å². The summed E-state index contributed by atoms with van der Waals surface area (Å²) in [5, 5.41) is 11.3. The first-order chi connectivity index (χ1) is 17.0. The lowest BCUT2D eigenvalue weighted by atomic mass is 9.81. The molecule has 2 atom stereocenters. The number of nitrogens with zero attached hydrogens (tertiary/aromatic N) is 2. The number of ketones is 1. The summed E-state index contributed by atoms with van der Waals surface area (Å²) in [6, 6.07) is 10.7. The molecule has 9 heteroatoms. The standard InChI is InChI=1S/C27H23F2N3O4/c1-26(25(30)34)14-36-24-18(26)13-22(32-23(24)15-4-7-17(28)8-5-15)27(2,35)11-10-21(33)16-6-9-20(31-3)19(29)12-16/h4-9,12-13,35H,10-11,14H2,1-2H3,(H2,30,34)/t26-,27-/m0/s1. The van der Waals surface area contributed by atoms with Gasteiger partial charge in [-0.05, 0) is 56.7 Å². The predicted octanol–water partition coefficient (Wildman–Crippen LogP) is 4.58. The Labute approximate surface area is 206 Å². The van der Waals surface area contributed by atoms with Gasteiger partial charge in [0.25, 0.3) is 0 Å². The normalized spacial score (nSPS) is 18.0. The van der Waals surface area contributed by atoms with E-state index in [1.165, 1.54) is 49.4 Å². The lowest BCUT2D eigenvalue weighted by molar-refractivity contribution is -0.123. The van der Waals surface area contributed by atoms with Crippen LogP contribution in [-0.4, -0.2) is 28.4 Å². The zero-order valence-corrected chi connectivity index (χ0v) is 19.6. The molecule has 7 nitrogen and oxygen atoms in total. The molecule has 1 amide bonds. The summed E-state index contributed by atoms with van der Waals surface area (Å²) < 4.78 is 33.3. The Morgan fingerprint density at radius 2 is 1.92 bits per heavy atom. The maximum atomic E-state index is 13.9. The zero-order chi connectivity index (χ0) is 26.3. The fourth-order valence-corrected chi connectivity index (χ4v) is 4.07. The average Bonchev–Trinajstić information content (AvgIpc) is 3.20. The molecule has 0 saturated heterocycles. The van der Waals surface area contributed by atoms with Gasteiger partial charge in [0.2, 0.25) is 11.6 Å². The largest absolute Gasteiger partial charge is 0.489 e. The van der Waals surface area contributed by atoms with Gasteiger partial charge in [0, 0.05) is 23.1 Å². The first-order valence-electron chi connectivity index (χ1n) is 11.1. The van der Waals surface area contributed by atoms with Gasteiger partial charge in [0.1, 0.15) is 40.7 Å². The van der Waals surface area contributed by atoms with Crippen molar-refractivity contribution in [2.24, 2.45) is 5.73 Å². The monoisotopic (exact) mass is 491 g/mol. The number of pyridine rings is 1. The first-order valence-corrected chi connectivity index (χ1v) is 11.1. The number of aromatic nitrogens is 1. The van der Waals surface area contributed by atoms with Crippen molar-refractivity contribution in [2.45, 2.75) is 37.7 Å². The molecule has 2 heterocycles. The molecule has 4 rings (SSSR count). The number of amides is 1. The number of nitrogens with two attached hydrogens (primary N) is 1. The maximum absolute atomic E-state index is 13.9. The lowest BCUT2D eigenvalue weighted by Gasteiger charge is -2.26. The van der Waals surface area contributed by atoms with Gasteiger partial charge in [-0.15, -0.1) is 0 Å². The van der Waals surface area contributed by atoms with Crippen LogP contribution in [0, 0.1) is 18.2 Å². The number of carbonyl (C=O) groups is 2. The van der Waals surface area contributed by atoms with Crippen molar-refractivity contribution in [2.75, 3.05) is 6.61 Å². The van der Waals surface area contributed by atoms with E-state index in [2.05, 4.69) is 9.83 Å². The van der Waals surface area contributed by atoms with E-state index < -0.39 is 34.3 Å². The van der Waals surface area contributed by atoms with Crippen molar-refractivity contribution < 1.29 is 28.2 Å². The molecule has 0 saturated carbocycles. The molecule has 3 N–H and O–H groups in total. The summed E-state index contributed by atoms with van der Waals surface area (Å²) in [6.45, 7) is 10.00. The van der Waals surface area contributed by atoms with Crippen LogP contribution in [-0.2, 0) is 15.8 Å². The number of hydrogen-bond acceptors (Lipinski definition) is 5. The third-order valence-corrected chi connectivity index (χ3v) is 6.51. The molecule has 2 aromatic carbocycles. The van der Waals surface area contributed by atoms with E-state index in [1.54, 1.807) is 6.92 Å². The van der Waals surface area contributed by atoms with Crippen LogP contribution in [0.4, 0.5) is 14.5 Å². The predicted molar refractivity (Wildman–Crippen MR) is 127 cm³/mol. The highest BCUT2D eigenvalue weighted by Gasteiger charge is 2.45. The lowest BCUT2D eigenvalue weighted by Crippen LogP contribution is -2.40. The highest BCUT2D eigenvalue weighted by atomic mass is 19.1. The van der Waals surface area contributed by atoms with Crippen LogP contribution in [0.3, 0.4) is 0 Å². The Balaban J connectivity index is 1.70. The number of primary amides is 1. The van der Waals surface area contributed by atoms with Crippen molar-refractivity contribution in [1.29, 1.82) is 0 Å². The minimum absolute atomic E-state index is 0.0240. The summed E-state index contributed by atoms with van der Waals surface area (Å²) in [5.41, 5.74) is 4.16. The molecular weight excluding hydrogens is 468 g/mol. The molecule has 0 aliphatic carbocycles. The molecule has 1 aromatic heterocycles. The third kappa shape index (κ3) is 4.43. The van der Waals surface area contributed by atoms with Gasteiger partial charge in [-0.3, -0.25) is 9.59 Å². The van der Waals surface area contributed by atoms with E-state index in [9.17, 15) is 23.5 Å². The van der Waals surface area contributed by atoms with Crippen LogP contribution < -0.4 is 10.5 Å². The quantitative estimate of drug-likeness (QED) is 0.372. The summed E-state index contributed by atoms with van der Waals surface area (Å²) in [4.78, 5) is 32.6. The Hall–Kier alpha value is -4.16. The molecule has 0 bridgehead atoms. The van der Waals surface area contributed by atoms with E-state index in [-0.39, 0.29) is 36.4 Å². The minimum atomic E-state index is -1.63. The third-order valence-electron chi connectivity index (χ3n) is 6.51. The van der Waals surface area contributed by atoms with Gasteiger partial charge < -0.3 is 15.6 Å². The molecule has 1 aliphatic rings. The van der Waals surface area contributed by atoms with Crippen LogP contribution in [0.2, 0.25) is 0 Å². The molecule has 0 spiro atoms. The molecule has 1 aliphatic heterocycles. The number of Topliss-reactive ketones (excluding diaryl/α,β-unsaturated/α-hetero) is 1. The Kier molecular flexibility index (Phi) is 6.33. The molecule has 3 aromatic rings. The second-order valence-corrected chi connectivity index (χ2v) is 9.20. The molecule has 0 fully saturated rings. The highest BCUT2D eigenvalue weighted by Crippen LogP contribution is 2.46. The average molecular weight is 491 g/mol. The SMILES string of the molecule is [C-]#[N+]c1ccc(C(=O)CC[C@](C)(O)c2cc3c(c(-c4ccc(F)cc4)n2)OC[C@]3(C)C(N)=O)cc1F. The van der Waals surface area contributed by atoms with Crippen molar-refractivity contribution in [3.63, 3.8) is 0 Å². The molecule has 0 radical (unpaired) electrons. The van der Waals surface area contributed by atoms with Crippen LogP contribution in [0.25, 0.3) is 16.1 Å². The van der Waals surface area contributed by atoms with E-state index >= 15 is 0 Å². The van der Waals surface area contributed by atoms with Crippen LogP contribution in [0.1, 0.15) is 48.3 Å². The Bertz CT molecular complexity index is 1410. The second-order valence-electron chi connectivity index (χ2n) is 9.20. The zero-order valence-electron chi connectivity index (χ0n) is 19.6. The number of rotatable bonds is 7. The number of ether oxygens (including phenoxy) is 1. The van der Waals surface area contributed by atoms with E-state index in [1.807, 2.05) is 0 Å². The molecular formula is C27H23F2N3O4. The van der Waals surface area contributed by atoms with Gasteiger partial charge in [0.15, 0.2) is 5.78 Å². The van der Waals surface area contributed by atoms with E-state index in [0.29, 0.717) is 22.6 Å². The fourth-order valence-electron chi connectivity index (χ4n) is 4.07. The van der Waals surface area contributed by atoms with Crippen LogP contribution >= 0.6 is 0 Å². The van der Waals surface area contributed by atoms with Crippen LogP contribution in [0.5, 0.6) is 5.75 Å². The van der Waals surface area contributed by atoms with Gasteiger partial charge >= 0.3 is 0 Å². The van der Waals surface area contributed by atoms with Crippen molar-refractivity contribution in [3.8, 4) is 17.0 Å². The summed E-state index contributed by atoms with van der Waals surface area (Å²) >= 11 is 0. The number of fused-ring (bicyclic) bond motifs is 1. The van der Waals surface area contributed by atoms with Crippen molar-refractivity contribution in [1.82, 2.24) is 4.98 Å². The summed E-state index contributed by atoms with van der Waals surface area (Å²) in [5.74, 6) is -1.97. The fraction of sp³-hybridized carbons (Fsp3) is 0.259. The van der Waals surface area contributed by atoms with Gasteiger partial charge in [-0.1, -0.05) is 12.1 Å². The summed E-state index contributed by atoms with van der Waals surface area (Å²) in [6.07, 6.45) is -0.209. The second kappa shape index (κ2) is 9.13. The van der Waals surface area contributed by atoms with Crippen LogP contribution in [0.15, 0.2) is 48.5 Å². The number of aliphatic hydroxyl groups is 1. The van der Waals surface area contributed by atoms with E-state index in [4.69, 9.17) is 17.0 Å². The number of halogens is 2. The smallest absolute Gasteiger partial charge is 0.231 e. The van der Waals surface area contributed by atoms with Crippen molar-refractivity contribution in [3.05, 3.63) is 88.4 Å². The van der Waals surface area contributed by atoms with Gasteiger partial charge in [-0.25, -0.2) is 18.6 Å². The molecule has 36 heavy (non-hydrogen) atoms. The molecule has 184 valence electrons. The summed E-state index contributed by atoms with van der Waals surface area (Å²) in [7, 11) is 0. The highest BCUT2D eigenvalue weighted by molar-refractivity contribution is 5.96. The van der Waals surface area contributed by atoms with Gasteiger partial charge in [0.05, 0.1) is 12.3 Å². The number of carbonyl (C=O) groups excluding carboxylic acids is 2. The number of hydrogen-bond donors (Lipinski definition) is 2. The molecule has 0 unspecified atom stereocenters. The number of benzene rings is 2. The Morgan fingerprint density at radius 1 is 1.22 bits per heavy atom. The van der Waals surface area contributed by atoms with Crippen molar-refractivity contribution >= 4 is 17.4 Å². The minimum Gasteiger partial charge on any atom is -0.489 e.